The molecule has 4 heteroatoms. The van der Waals surface area contributed by atoms with Gasteiger partial charge >= 0.3 is 5.97 Å². The van der Waals surface area contributed by atoms with Crippen molar-refractivity contribution in [2.45, 2.75) is 37.5 Å². The van der Waals surface area contributed by atoms with Crippen molar-refractivity contribution in [2.75, 3.05) is 7.05 Å². The summed E-state index contributed by atoms with van der Waals surface area (Å²) in [6.07, 6.45) is 1.91. The fourth-order valence-corrected chi connectivity index (χ4v) is 2.77. The van der Waals surface area contributed by atoms with Gasteiger partial charge in [-0.25, -0.2) is 0 Å². The van der Waals surface area contributed by atoms with Crippen LogP contribution in [0.15, 0.2) is 0 Å². The molecule has 0 aromatic heterocycles. The summed E-state index contributed by atoms with van der Waals surface area (Å²) in [4.78, 5) is 13.0. The van der Waals surface area contributed by atoms with Crippen LogP contribution in [0.25, 0.3) is 0 Å². The standard InChI is InChI=1S/C9H15NO3/c1-10-5-2-3-6(10)8(9(12)13)7(11)4-5/h5-8,11H,2-4H2,1H3,(H,12,13)/t5-,6-,7+,8-/m1/s1. The number of piperidine rings is 1. The van der Waals surface area contributed by atoms with E-state index in [1.165, 1.54) is 0 Å². The highest BCUT2D eigenvalue weighted by Crippen LogP contribution is 2.38. The van der Waals surface area contributed by atoms with Crippen molar-refractivity contribution < 1.29 is 15.0 Å². The summed E-state index contributed by atoms with van der Waals surface area (Å²) in [7, 11) is 1.96. The van der Waals surface area contributed by atoms with E-state index < -0.39 is 18.0 Å². The van der Waals surface area contributed by atoms with Crippen LogP contribution >= 0.6 is 0 Å². The molecule has 0 aromatic carbocycles. The Hall–Kier alpha value is -0.610. The molecule has 4 nitrogen and oxygen atoms in total. The van der Waals surface area contributed by atoms with Crippen LogP contribution in [0.3, 0.4) is 0 Å². The van der Waals surface area contributed by atoms with Crippen molar-refractivity contribution in [2.24, 2.45) is 5.92 Å². The minimum Gasteiger partial charge on any atom is -0.481 e. The third-order valence-corrected chi connectivity index (χ3v) is 3.52. The van der Waals surface area contributed by atoms with Crippen LogP contribution < -0.4 is 0 Å². The molecule has 2 bridgehead atoms. The highest BCUT2D eigenvalue weighted by Gasteiger charge is 2.48. The van der Waals surface area contributed by atoms with Crippen LogP contribution in [0.2, 0.25) is 0 Å². The van der Waals surface area contributed by atoms with Crippen molar-refractivity contribution in [1.82, 2.24) is 4.90 Å². The summed E-state index contributed by atoms with van der Waals surface area (Å²) in [5.41, 5.74) is 0. The Morgan fingerprint density at radius 3 is 2.77 bits per heavy atom. The lowest BCUT2D eigenvalue weighted by Gasteiger charge is -2.38. The van der Waals surface area contributed by atoms with E-state index in [4.69, 9.17) is 5.11 Å². The first kappa shape index (κ1) is 8.97. The second-order valence-electron chi connectivity index (χ2n) is 4.13. The van der Waals surface area contributed by atoms with Crippen molar-refractivity contribution >= 4 is 5.97 Å². The van der Waals surface area contributed by atoms with E-state index in [0.717, 1.165) is 12.8 Å². The third kappa shape index (κ3) is 1.25. The molecule has 2 fully saturated rings. The zero-order valence-corrected chi connectivity index (χ0v) is 7.68. The van der Waals surface area contributed by atoms with Gasteiger partial charge in [0.2, 0.25) is 0 Å². The Kier molecular flexibility index (Phi) is 2.04. The van der Waals surface area contributed by atoms with Crippen molar-refractivity contribution in [3.8, 4) is 0 Å². The molecule has 2 rings (SSSR count). The zero-order valence-electron chi connectivity index (χ0n) is 7.68. The molecule has 13 heavy (non-hydrogen) atoms. The average Bonchev–Trinajstić information content (AvgIpc) is 2.34. The van der Waals surface area contributed by atoms with Crippen molar-refractivity contribution in [3.05, 3.63) is 0 Å². The first-order valence-corrected chi connectivity index (χ1v) is 4.74. The summed E-state index contributed by atoms with van der Waals surface area (Å²) in [5.74, 6) is -1.44. The van der Waals surface area contributed by atoms with E-state index in [1.54, 1.807) is 0 Å². The zero-order chi connectivity index (χ0) is 9.59. The topological polar surface area (TPSA) is 60.8 Å². The quantitative estimate of drug-likeness (QED) is 0.599. The number of hydrogen-bond donors (Lipinski definition) is 2. The lowest BCUT2D eigenvalue weighted by Crippen LogP contribution is -2.51. The van der Waals surface area contributed by atoms with Gasteiger partial charge < -0.3 is 10.2 Å². The Labute approximate surface area is 77.2 Å². The minimum absolute atomic E-state index is 0.0475. The highest BCUT2D eigenvalue weighted by atomic mass is 16.4. The van der Waals surface area contributed by atoms with E-state index in [-0.39, 0.29) is 6.04 Å². The van der Waals surface area contributed by atoms with Crippen molar-refractivity contribution in [1.29, 1.82) is 0 Å². The SMILES string of the molecule is CN1[C@@H]2CC[C@@H]1[C@@H](C(=O)O)[C@@H](O)C2. The first-order chi connectivity index (χ1) is 6.11. The van der Waals surface area contributed by atoms with E-state index in [0.29, 0.717) is 12.5 Å². The van der Waals surface area contributed by atoms with Crippen molar-refractivity contribution in [3.63, 3.8) is 0 Å². The summed E-state index contributed by atoms with van der Waals surface area (Å²) < 4.78 is 0. The Bertz CT molecular complexity index is 231. The third-order valence-electron chi connectivity index (χ3n) is 3.52. The Balaban J connectivity index is 2.21. The first-order valence-electron chi connectivity index (χ1n) is 4.74. The van der Waals surface area contributed by atoms with Gasteiger partial charge in [0.25, 0.3) is 0 Å². The van der Waals surface area contributed by atoms with Gasteiger partial charge in [-0.3, -0.25) is 9.69 Å². The molecule has 2 aliphatic rings. The second-order valence-corrected chi connectivity index (χ2v) is 4.13. The Morgan fingerprint density at radius 1 is 1.46 bits per heavy atom. The number of aliphatic carboxylic acids is 1. The molecular formula is C9H15NO3. The largest absolute Gasteiger partial charge is 0.481 e. The average molecular weight is 185 g/mol. The molecule has 0 amide bonds. The van der Waals surface area contributed by atoms with Crippen LogP contribution in [0.5, 0.6) is 0 Å². The maximum atomic E-state index is 10.9. The monoisotopic (exact) mass is 185 g/mol. The number of aliphatic hydroxyl groups excluding tert-OH is 1. The van der Waals surface area contributed by atoms with Gasteiger partial charge in [0.15, 0.2) is 0 Å². The number of fused-ring (bicyclic) bond motifs is 2. The number of carbonyl (C=O) groups is 1. The Morgan fingerprint density at radius 2 is 2.15 bits per heavy atom. The number of nitrogens with zero attached hydrogens (tertiary/aromatic N) is 1. The molecule has 0 aromatic rings. The number of hydrogen-bond acceptors (Lipinski definition) is 3. The van der Waals surface area contributed by atoms with Crippen LogP contribution in [0, 0.1) is 5.92 Å². The molecule has 2 N–H and O–H groups in total. The molecule has 4 atom stereocenters. The van der Waals surface area contributed by atoms with Gasteiger partial charge in [-0.2, -0.15) is 0 Å². The smallest absolute Gasteiger partial charge is 0.310 e. The van der Waals surface area contributed by atoms with Crippen LogP contribution in [0.4, 0.5) is 0 Å². The van der Waals surface area contributed by atoms with Gasteiger partial charge in [-0.15, -0.1) is 0 Å². The van der Waals surface area contributed by atoms with Gasteiger partial charge in [-0.05, 0) is 26.3 Å². The molecule has 0 unspecified atom stereocenters. The van der Waals surface area contributed by atoms with E-state index in [9.17, 15) is 9.90 Å². The van der Waals surface area contributed by atoms with Crippen LogP contribution in [-0.4, -0.2) is 46.3 Å². The van der Waals surface area contributed by atoms with E-state index >= 15 is 0 Å². The lowest BCUT2D eigenvalue weighted by molar-refractivity contribution is -0.151. The van der Waals surface area contributed by atoms with Gasteiger partial charge in [0, 0.05) is 12.1 Å². The molecule has 2 saturated heterocycles. The molecule has 0 radical (unpaired) electrons. The normalized spacial score (nSPS) is 45.1. The maximum Gasteiger partial charge on any atom is 0.310 e. The van der Waals surface area contributed by atoms with Gasteiger partial charge in [0.1, 0.15) is 0 Å². The number of carboxylic acids is 1. The van der Waals surface area contributed by atoms with Gasteiger partial charge in [0.05, 0.1) is 12.0 Å². The van der Waals surface area contributed by atoms with E-state index in [1.807, 2.05) is 7.05 Å². The highest BCUT2D eigenvalue weighted by molar-refractivity contribution is 5.72. The molecule has 0 spiro atoms. The fourth-order valence-electron chi connectivity index (χ4n) is 2.77. The van der Waals surface area contributed by atoms with Crippen LogP contribution in [0.1, 0.15) is 19.3 Å². The molecule has 0 saturated carbocycles. The minimum atomic E-state index is -0.857. The summed E-state index contributed by atoms with van der Waals surface area (Å²) >= 11 is 0. The number of carboxylic acid groups (broad SMARTS) is 1. The fraction of sp³-hybridized carbons (Fsp3) is 0.889. The molecule has 0 aliphatic carbocycles. The summed E-state index contributed by atoms with van der Waals surface area (Å²) in [6.45, 7) is 0. The summed E-state index contributed by atoms with van der Waals surface area (Å²) in [5, 5.41) is 18.6. The molecular weight excluding hydrogens is 170 g/mol. The number of rotatable bonds is 1. The van der Waals surface area contributed by atoms with E-state index in [2.05, 4.69) is 4.90 Å². The molecule has 74 valence electrons. The van der Waals surface area contributed by atoms with Crippen LogP contribution in [-0.2, 0) is 4.79 Å². The number of aliphatic hydroxyl groups is 1. The predicted octanol–water partition coefficient (Wildman–Crippen LogP) is -0.0854. The van der Waals surface area contributed by atoms with Gasteiger partial charge in [-0.1, -0.05) is 0 Å². The lowest BCUT2D eigenvalue weighted by atomic mass is 9.88. The maximum absolute atomic E-state index is 10.9. The molecule has 2 aliphatic heterocycles. The molecule has 2 heterocycles. The second kappa shape index (κ2) is 2.96. The predicted molar refractivity (Wildman–Crippen MR) is 46.3 cm³/mol. The summed E-state index contributed by atoms with van der Waals surface area (Å²) in [6, 6.07) is 0.446.